The standard InChI is InChI=1S/C11H8ClN3O2/c12-9-5-13-6-10(15-9)14-8-3-1-7(2-4-8)11(16)17/h1-6H,(H,14,15)(H,16,17). The van der Waals surface area contributed by atoms with Crippen LogP contribution in [0.25, 0.3) is 0 Å². The Morgan fingerprint density at radius 3 is 2.53 bits per heavy atom. The van der Waals surface area contributed by atoms with Crippen molar-refractivity contribution in [3.8, 4) is 0 Å². The fourth-order valence-corrected chi connectivity index (χ4v) is 1.39. The van der Waals surface area contributed by atoms with E-state index < -0.39 is 5.97 Å². The zero-order valence-corrected chi connectivity index (χ0v) is 9.35. The van der Waals surface area contributed by atoms with E-state index in [0.29, 0.717) is 11.5 Å². The Balaban J connectivity index is 2.16. The topological polar surface area (TPSA) is 75.1 Å². The van der Waals surface area contributed by atoms with Crippen molar-refractivity contribution in [2.24, 2.45) is 0 Å². The van der Waals surface area contributed by atoms with Crippen LogP contribution in [-0.2, 0) is 0 Å². The lowest BCUT2D eigenvalue weighted by molar-refractivity contribution is 0.0697. The molecule has 0 atom stereocenters. The summed E-state index contributed by atoms with van der Waals surface area (Å²) in [5.41, 5.74) is 0.944. The number of nitrogens with one attached hydrogen (secondary N) is 1. The maximum atomic E-state index is 10.7. The minimum atomic E-state index is -0.959. The lowest BCUT2D eigenvalue weighted by Gasteiger charge is -2.05. The first-order chi connectivity index (χ1) is 8.15. The fraction of sp³-hybridized carbons (Fsp3) is 0. The third-order valence-corrected chi connectivity index (χ3v) is 2.19. The van der Waals surface area contributed by atoms with Crippen LogP contribution in [0.1, 0.15) is 10.4 Å². The van der Waals surface area contributed by atoms with Crippen LogP contribution in [0.15, 0.2) is 36.7 Å². The van der Waals surface area contributed by atoms with E-state index in [1.54, 1.807) is 12.1 Å². The molecule has 2 N–H and O–H groups in total. The summed E-state index contributed by atoms with van der Waals surface area (Å²) < 4.78 is 0. The number of carboxylic acid groups (broad SMARTS) is 1. The molecule has 5 nitrogen and oxygen atoms in total. The molecular weight excluding hydrogens is 242 g/mol. The number of rotatable bonds is 3. The number of carboxylic acids is 1. The van der Waals surface area contributed by atoms with E-state index in [-0.39, 0.29) is 10.7 Å². The molecule has 0 saturated heterocycles. The smallest absolute Gasteiger partial charge is 0.335 e. The predicted octanol–water partition coefficient (Wildman–Crippen LogP) is 2.57. The van der Waals surface area contributed by atoms with E-state index in [4.69, 9.17) is 16.7 Å². The zero-order valence-electron chi connectivity index (χ0n) is 8.59. The van der Waals surface area contributed by atoms with Gasteiger partial charge in [0.1, 0.15) is 5.15 Å². The van der Waals surface area contributed by atoms with Crippen molar-refractivity contribution >= 4 is 29.1 Å². The Morgan fingerprint density at radius 2 is 1.94 bits per heavy atom. The number of hydrogen-bond donors (Lipinski definition) is 2. The van der Waals surface area contributed by atoms with Gasteiger partial charge in [0.15, 0.2) is 5.82 Å². The van der Waals surface area contributed by atoms with Crippen molar-refractivity contribution in [2.45, 2.75) is 0 Å². The van der Waals surface area contributed by atoms with Crippen LogP contribution in [0.4, 0.5) is 11.5 Å². The predicted molar refractivity (Wildman–Crippen MR) is 63.7 cm³/mol. The summed E-state index contributed by atoms with van der Waals surface area (Å²) in [5.74, 6) is -0.459. The summed E-state index contributed by atoms with van der Waals surface area (Å²) in [6.07, 6.45) is 2.96. The molecular formula is C11H8ClN3O2. The molecule has 0 unspecified atom stereocenters. The van der Waals surface area contributed by atoms with E-state index >= 15 is 0 Å². The molecule has 0 spiro atoms. The van der Waals surface area contributed by atoms with Crippen LogP contribution in [0, 0.1) is 0 Å². The second-order valence-corrected chi connectivity index (χ2v) is 3.62. The Hall–Kier alpha value is -2.14. The SMILES string of the molecule is O=C(O)c1ccc(Nc2cncc(Cl)n2)cc1. The number of hydrogen-bond acceptors (Lipinski definition) is 4. The van der Waals surface area contributed by atoms with Crippen molar-refractivity contribution in [3.63, 3.8) is 0 Å². The molecule has 0 aliphatic carbocycles. The van der Waals surface area contributed by atoms with Gasteiger partial charge in [-0.15, -0.1) is 0 Å². The first-order valence-corrected chi connectivity index (χ1v) is 5.11. The molecule has 1 aromatic heterocycles. The fourth-order valence-electron chi connectivity index (χ4n) is 1.25. The highest BCUT2D eigenvalue weighted by atomic mass is 35.5. The summed E-state index contributed by atoms with van der Waals surface area (Å²) >= 11 is 5.69. The number of benzene rings is 1. The van der Waals surface area contributed by atoms with E-state index in [9.17, 15) is 4.79 Å². The molecule has 1 aromatic carbocycles. The van der Waals surface area contributed by atoms with Crippen molar-refractivity contribution in [3.05, 3.63) is 47.4 Å². The summed E-state index contributed by atoms with van der Waals surface area (Å²) in [4.78, 5) is 18.5. The molecule has 0 aliphatic heterocycles. The molecule has 1 heterocycles. The van der Waals surface area contributed by atoms with E-state index in [0.717, 1.165) is 0 Å². The van der Waals surface area contributed by atoms with Gasteiger partial charge in [-0.05, 0) is 24.3 Å². The lowest BCUT2D eigenvalue weighted by atomic mass is 10.2. The van der Waals surface area contributed by atoms with Crippen LogP contribution >= 0.6 is 11.6 Å². The quantitative estimate of drug-likeness (QED) is 0.874. The van der Waals surface area contributed by atoms with Gasteiger partial charge in [0, 0.05) is 5.69 Å². The van der Waals surface area contributed by atoms with Gasteiger partial charge in [-0.1, -0.05) is 11.6 Å². The number of carbonyl (C=O) groups is 1. The van der Waals surface area contributed by atoms with Crippen LogP contribution in [0.3, 0.4) is 0 Å². The van der Waals surface area contributed by atoms with Crippen LogP contribution in [0.5, 0.6) is 0 Å². The molecule has 0 radical (unpaired) electrons. The van der Waals surface area contributed by atoms with E-state index in [1.807, 2.05) is 0 Å². The molecule has 2 aromatic rings. The Bertz CT molecular complexity index is 543. The largest absolute Gasteiger partial charge is 0.478 e. The number of anilines is 2. The lowest BCUT2D eigenvalue weighted by Crippen LogP contribution is -1.97. The summed E-state index contributed by atoms with van der Waals surface area (Å²) in [7, 11) is 0. The summed E-state index contributed by atoms with van der Waals surface area (Å²) in [5, 5.41) is 12.0. The van der Waals surface area contributed by atoms with Crippen molar-refractivity contribution in [2.75, 3.05) is 5.32 Å². The highest BCUT2D eigenvalue weighted by Gasteiger charge is 2.02. The van der Waals surface area contributed by atoms with Gasteiger partial charge in [-0.25, -0.2) is 9.78 Å². The third-order valence-electron chi connectivity index (χ3n) is 2.01. The van der Waals surface area contributed by atoms with Gasteiger partial charge in [-0.3, -0.25) is 4.98 Å². The Morgan fingerprint density at radius 1 is 1.24 bits per heavy atom. The van der Waals surface area contributed by atoms with E-state index in [1.165, 1.54) is 24.5 Å². The van der Waals surface area contributed by atoms with Crippen molar-refractivity contribution in [1.29, 1.82) is 0 Å². The molecule has 86 valence electrons. The number of halogens is 1. The van der Waals surface area contributed by atoms with Gasteiger partial charge in [0.2, 0.25) is 0 Å². The van der Waals surface area contributed by atoms with Crippen LogP contribution in [-0.4, -0.2) is 21.0 Å². The molecule has 0 fully saturated rings. The van der Waals surface area contributed by atoms with Crippen molar-refractivity contribution in [1.82, 2.24) is 9.97 Å². The van der Waals surface area contributed by atoms with Crippen LogP contribution in [0.2, 0.25) is 5.15 Å². The molecule has 0 bridgehead atoms. The third kappa shape index (κ3) is 2.92. The highest BCUT2D eigenvalue weighted by molar-refractivity contribution is 6.29. The Kier molecular flexibility index (Phi) is 3.20. The van der Waals surface area contributed by atoms with Gasteiger partial charge in [0.05, 0.1) is 18.0 Å². The molecule has 0 saturated carbocycles. The van der Waals surface area contributed by atoms with Gasteiger partial charge in [-0.2, -0.15) is 0 Å². The second-order valence-electron chi connectivity index (χ2n) is 3.23. The number of nitrogens with zero attached hydrogens (tertiary/aromatic N) is 2. The van der Waals surface area contributed by atoms with Crippen LogP contribution < -0.4 is 5.32 Å². The number of aromatic nitrogens is 2. The first-order valence-electron chi connectivity index (χ1n) is 4.73. The highest BCUT2D eigenvalue weighted by Crippen LogP contribution is 2.15. The Labute approximate surface area is 102 Å². The maximum Gasteiger partial charge on any atom is 0.335 e. The molecule has 6 heteroatoms. The van der Waals surface area contributed by atoms with Gasteiger partial charge in [0.25, 0.3) is 0 Å². The van der Waals surface area contributed by atoms with Crippen molar-refractivity contribution < 1.29 is 9.90 Å². The van der Waals surface area contributed by atoms with Gasteiger partial charge >= 0.3 is 5.97 Å². The normalized spacial score (nSPS) is 9.94. The van der Waals surface area contributed by atoms with Gasteiger partial charge < -0.3 is 10.4 Å². The summed E-state index contributed by atoms with van der Waals surface area (Å²) in [6, 6.07) is 6.30. The minimum Gasteiger partial charge on any atom is -0.478 e. The molecule has 2 rings (SSSR count). The molecule has 17 heavy (non-hydrogen) atoms. The second kappa shape index (κ2) is 4.80. The first kappa shape index (κ1) is 11.3. The minimum absolute atomic E-state index is 0.229. The summed E-state index contributed by atoms with van der Waals surface area (Å²) in [6.45, 7) is 0. The average Bonchev–Trinajstić information content (AvgIpc) is 2.29. The molecule has 0 amide bonds. The number of aromatic carboxylic acids is 1. The zero-order chi connectivity index (χ0) is 12.3. The maximum absolute atomic E-state index is 10.7. The monoisotopic (exact) mass is 249 g/mol. The average molecular weight is 250 g/mol. The molecule has 0 aliphatic rings. The van der Waals surface area contributed by atoms with E-state index in [2.05, 4.69) is 15.3 Å².